The first-order valence-electron chi connectivity index (χ1n) is 12.3. The van der Waals surface area contributed by atoms with Crippen molar-refractivity contribution in [1.82, 2.24) is 0 Å². The van der Waals surface area contributed by atoms with Crippen molar-refractivity contribution in [3.63, 3.8) is 0 Å². The molecule has 3 heteroatoms. The van der Waals surface area contributed by atoms with E-state index in [4.69, 9.17) is 11.0 Å². The first-order valence-corrected chi connectivity index (χ1v) is 12.3. The maximum absolute atomic E-state index is 8.31. The second kappa shape index (κ2) is 12.7. The Balaban J connectivity index is 0.000000228. The predicted molar refractivity (Wildman–Crippen MR) is 146 cm³/mol. The largest absolute Gasteiger partial charge is 0.399 e. The molecule has 1 heterocycles. The summed E-state index contributed by atoms with van der Waals surface area (Å²) in [6.07, 6.45) is 8.64. The summed E-state index contributed by atoms with van der Waals surface area (Å²) in [6, 6.07) is 25.7. The molecule has 3 aromatic rings. The number of anilines is 2. The van der Waals surface area contributed by atoms with Crippen molar-refractivity contribution < 1.29 is 0 Å². The Morgan fingerprint density at radius 3 is 2.21 bits per heavy atom. The number of nitrogens with zero attached hydrogens (tertiary/aromatic N) is 2. The van der Waals surface area contributed by atoms with Crippen LogP contribution in [0.2, 0.25) is 0 Å². The van der Waals surface area contributed by atoms with Gasteiger partial charge < -0.3 is 10.6 Å². The molecule has 0 bridgehead atoms. The third-order valence-corrected chi connectivity index (χ3v) is 6.79. The van der Waals surface area contributed by atoms with Gasteiger partial charge in [0.05, 0.1) is 12.5 Å². The number of nitrogens with two attached hydrogens (primary N) is 1. The van der Waals surface area contributed by atoms with Gasteiger partial charge in [0.15, 0.2) is 0 Å². The average molecular weight is 452 g/mol. The van der Waals surface area contributed by atoms with Crippen LogP contribution in [-0.2, 0) is 12.8 Å². The second-order valence-electron chi connectivity index (χ2n) is 9.05. The van der Waals surface area contributed by atoms with Crippen LogP contribution in [0.5, 0.6) is 0 Å². The van der Waals surface area contributed by atoms with Crippen LogP contribution in [0, 0.1) is 11.3 Å². The zero-order chi connectivity index (χ0) is 24.3. The first-order chi connectivity index (χ1) is 16.6. The highest BCUT2D eigenvalue weighted by Crippen LogP contribution is 2.35. The van der Waals surface area contributed by atoms with E-state index >= 15 is 0 Å². The van der Waals surface area contributed by atoms with Crippen LogP contribution >= 0.6 is 0 Å². The third-order valence-electron chi connectivity index (χ3n) is 6.79. The lowest BCUT2D eigenvalue weighted by atomic mass is 9.83. The molecule has 0 unspecified atom stereocenters. The Morgan fingerprint density at radius 2 is 1.56 bits per heavy atom. The Kier molecular flexibility index (Phi) is 9.35. The maximum atomic E-state index is 8.31. The van der Waals surface area contributed by atoms with Crippen LogP contribution in [0.1, 0.15) is 54.7 Å². The molecule has 0 radical (unpaired) electrons. The number of rotatable bonds is 3. The molecule has 1 fully saturated rings. The number of fused-ring (bicyclic) bond motifs is 1. The minimum absolute atomic E-state index is 0.459. The molecule has 0 aromatic heterocycles. The summed E-state index contributed by atoms with van der Waals surface area (Å²) in [5, 5.41) is 8.31. The van der Waals surface area contributed by atoms with E-state index < -0.39 is 0 Å². The molecular weight excluding hydrogens is 414 g/mol. The van der Waals surface area contributed by atoms with Crippen molar-refractivity contribution in [3.05, 3.63) is 96.6 Å². The van der Waals surface area contributed by atoms with Crippen molar-refractivity contribution in [2.24, 2.45) is 0 Å². The smallest absolute Gasteiger partial charge is 0.0669 e. The minimum atomic E-state index is 0.459. The highest BCUT2D eigenvalue weighted by atomic mass is 15.1. The Bertz CT molecular complexity index is 1070. The standard InChI is InChI=1S/C21H25N.C8H8N2.C2H4/c1-22-14-13-20-15-19(11-12-21(20)22)18-9-7-17(8-10-18)16-5-3-2-4-6-16;9-6-5-7-1-3-8(10)4-2-7;1-2/h7-12,15-16H,2-6,13-14H2,1H3;1-4H,5,10H2;1-2H2. The van der Waals surface area contributed by atoms with E-state index in [1.54, 1.807) is 17.7 Å². The van der Waals surface area contributed by atoms with Gasteiger partial charge in [0.25, 0.3) is 0 Å². The van der Waals surface area contributed by atoms with Crippen molar-refractivity contribution in [3.8, 4) is 17.2 Å². The van der Waals surface area contributed by atoms with E-state index in [1.807, 2.05) is 12.1 Å². The monoisotopic (exact) mass is 451 g/mol. The molecule has 34 heavy (non-hydrogen) atoms. The van der Waals surface area contributed by atoms with Gasteiger partial charge >= 0.3 is 0 Å². The molecule has 0 amide bonds. The van der Waals surface area contributed by atoms with Crippen LogP contribution in [0.3, 0.4) is 0 Å². The van der Waals surface area contributed by atoms with E-state index in [1.165, 1.54) is 60.9 Å². The van der Waals surface area contributed by atoms with Gasteiger partial charge in [0.1, 0.15) is 0 Å². The molecule has 0 atom stereocenters. The minimum Gasteiger partial charge on any atom is -0.399 e. The van der Waals surface area contributed by atoms with Gasteiger partial charge in [0.2, 0.25) is 0 Å². The normalized spacial score (nSPS) is 14.6. The van der Waals surface area contributed by atoms with Crippen molar-refractivity contribution in [2.75, 3.05) is 24.2 Å². The number of nitrogen functional groups attached to an aromatic ring is 1. The average Bonchev–Trinajstić information content (AvgIpc) is 3.28. The van der Waals surface area contributed by atoms with Gasteiger partial charge in [-0.05, 0) is 77.3 Å². The lowest BCUT2D eigenvalue weighted by Gasteiger charge is -2.22. The molecule has 1 aliphatic heterocycles. The number of hydrogen-bond donors (Lipinski definition) is 1. The molecule has 2 N–H and O–H groups in total. The summed E-state index contributed by atoms with van der Waals surface area (Å²) >= 11 is 0. The van der Waals surface area contributed by atoms with Crippen molar-refractivity contribution in [1.29, 1.82) is 5.26 Å². The molecule has 1 saturated carbocycles. The summed E-state index contributed by atoms with van der Waals surface area (Å²) in [5.74, 6) is 0.802. The first kappa shape index (κ1) is 25.1. The van der Waals surface area contributed by atoms with E-state index in [2.05, 4.69) is 73.6 Å². The van der Waals surface area contributed by atoms with Gasteiger partial charge in [-0.3, -0.25) is 0 Å². The Labute approximate surface area is 205 Å². The summed E-state index contributed by atoms with van der Waals surface area (Å²) in [7, 11) is 2.18. The van der Waals surface area contributed by atoms with Gasteiger partial charge in [-0.1, -0.05) is 61.7 Å². The number of nitriles is 1. The van der Waals surface area contributed by atoms with Crippen LogP contribution in [-0.4, -0.2) is 13.6 Å². The van der Waals surface area contributed by atoms with E-state index in [0.29, 0.717) is 6.42 Å². The molecule has 3 nitrogen and oxygen atoms in total. The van der Waals surface area contributed by atoms with E-state index in [9.17, 15) is 0 Å². The lowest BCUT2D eigenvalue weighted by molar-refractivity contribution is 0.443. The summed E-state index contributed by atoms with van der Waals surface area (Å²) < 4.78 is 0. The summed E-state index contributed by atoms with van der Waals surface area (Å²) in [6.45, 7) is 7.15. The van der Waals surface area contributed by atoms with E-state index in [0.717, 1.165) is 23.7 Å². The van der Waals surface area contributed by atoms with Gasteiger partial charge in [-0.15, -0.1) is 13.2 Å². The van der Waals surface area contributed by atoms with Crippen LogP contribution in [0.4, 0.5) is 11.4 Å². The van der Waals surface area contributed by atoms with Crippen LogP contribution in [0.15, 0.2) is 79.9 Å². The lowest BCUT2D eigenvalue weighted by Crippen LogP contribution is -2.12. The second-order valence-corrected chi connectivity index (χ2v) is 9.05. The fraction of sp³-hybridized carbons (Fsp3) is 0.323. The topological polar surface area (TPSA) is 53.0 Å². The quantitative estimate of drug-likeness (QED) is 0.331. The van der Waals surface area contributed by atoms with Crippen molar-refractivity contribution in [2.45, 2.75) is 50.9 Å². The highest BCUT2D eigenvalue weighted by molar-refractivity contribution is 5.70. The molecular formula is C31H37N3. The zero-order valence-corrected chi connectivity index (χ0v) is 20.5. The van der Waals surface area contributed by atoms with Gasteiger partial charge in [0, 0.05) is 25.0 Å². The molecule has 0 spiro atoms. The molecule has 5 rings (SSSR count). The van der Waals surface area contributed by atoms with E-state index in [-0.39, 0.29) is 0 Å². The maximum Gasteiger partial charge on any atom is 0.0669 e. The molecule has 0 saturated heterocycles. The number of hydrogen-bond acceptors (Lipinski definition) is 3. The summed E-state index contributed by atoms with van der Waals surface area (Å²) in [4.78, 5) is 2.35. The van der Waals surface area contributed by atoms with Crippen molar-refractivity contribution >= 4 is 11.4 Å². The fourth-order valence-electron chi connectivity index (χ4n) is 4.86. The number of likely N-dealkylation sites (N-methyl/N-ethyl adjacent to an activating group) is 1. The van der Waals surface area contributed by atoms with Gasteiger partial charge in [-0.2, -0.15) is 5.26 Å². The third kappa shape index (κ3) is 6.51. The molecule has 3 aromatic carbocycles. The predicted octanol–water partition coefficient (Wildman–Crippen LogP) is 7.53. The number of benzene rings is 3. The SMILES string of the molecule is C=C.CN1CCc2cc(-c3ccc(C4CCCCC4)cc3)ccc21.N#CCc1ccc(N)cc1. The molecule has 2 aliphatic rings. The zero-order valence-electron chi connectivity index (χ0n) is 20.5. The van der Waals surface area contributed by atoms with Crippen LogP contribution < -0.4 is 10.6 Å². The Morgan fingerprint density at radius 1 is 0.912 bits per heavy atom. The summed E-state index contributed by atoms with van der Waals surface area (Å²) in [5.41, 5.74) is 14.4. The molecule has 1 aliphatic carbocycles. The molecule has 176 valence electrons. The highest BCUT2D eigenvalue weighted by Gasteiger charge is 2.17. The Hall–Kier alpha value is -3.51. The van der Waals surface area contributed by atoms with Crippen LogP contribution in [0.25, 0.3) is 11.1 Å². The fourth-order valence-corrected chi connectivity index (χ4v) is 4.86. The van der Waals surface area contributed by atoms with Gasteiger partial charge in [-0.25, -0.2) is 0 Å².